The van der Waals surface area contributed by atoms with Crippen LogP contribution < -0.4 is 0 Å². The van der Waals surface area contributed by atoms with Gasteiger partial charge < -0.3 is 0 Å². The summed E-state index contributed by atoms with van der Waals surface area (Å²) < 4.78 is 0. The summed E-state index contributed by atoms with van der Waals surface area (Å²) in [5, 5.41) is 7.84. The summed E-state index contributed by atoms with van der Waals surface area (Å²) in [5.74, 6) is 0. The number of allylic oxidation sites excluding steroid dienone is 1. The standard InChI is InChI=1S/C4H4ClN/c5-3-1-2-4-6/h1,3H,2H2. The van der Waals surface area contributed by atoms with Gasteiger partial charge in [-0.2, -0.15) is 5.26 Å². The molecule has 1 nitrogen and oxygen atoms in total. The molecule has 0 fully saturated rings. The van der Waals surface area contributed by atoms with Crippen molar-refractivity contribution in [2.45, 2.75) is 6.42 Å². The molecule has 0 bridgehead atoms. The molecule has 0 rings (SSSR count). The Morgan fingerprint density at radius 3 is 2.67 bits per heavy atom. The Bertz CT molecular complexity index is 80.0. The van der Waals surface area contributed by atoms with Crippen molar-refractivity contribution in [3.05, 3.63) is 11.6 Å². The third-order valence-corrected chi connectivity index (χ3v) is 0.476. The van der Waals surface area contributed by atoms with Crippen molar-refractivity contribution in [1.29, 1.82) is 5.26 Å². The highest BCUT2D eigenvalue weighted by atomic mass is 35.5. The summed E-state index contributed by atoms with van der Waals surface area (Å²) >= 11 is 5.05. The lowest BCUT2D eigenvalue weighted by atomic mass is 10.5. The van der Waals surface area contributed by atoms with E-state index in [-0.39, 0.29) is 0 Å². The van der Waals surface area contributed by atoms with Crippen molar-refractivity contribution in [2.75, 3.05) is 0 Å². The summed E-state index contributed by atoms with van der Waals surface area (Å²) in [5.41, 5.74) is 1.34. The minimum atomic E-state index is 0.406. The summed E-state index contributed by atoms with van der Waals surface area (Å²) in [7, 11) is 0. The van der Waals surface area contributed by atoms with Crippen LogP contribution >= 0.6 is 11.6 Å². The van der Waals surface area contributed by atoms with Gasteiger partial charge in [-0.1, -0.05) is 17.7 Å². The smallest absolute Gasteiger partial charge is 0.0663 e. The van der Waals surface area contributed by atoms with E-state index in [2.05, 4.69) is 0 Å². The van der Waals surface area contributed by atoms with E-state index in [9.17, 15) is 0 Å². The van der Waals surface area contributed by atoms with Gasteiger partial charge in [0, 0.05) is 5.54 Å². The Hall–Kier alpha value is -0.480. The van der Waals surface area contributed by atoms with E-state index in [1.807, 2.05) is 6.07 Å². The Morgan fingerprint density at radius 1 is 1.83 bits per heavy atom. The third-order valence-electron chi connectivity index (χ3n) is 0.298. The van der Waals surface area contributed by atoms with E-state index in [4.69, 9.17) is 16.9 Å². The molecule has 0 aromatic rings. The molecule has 0 saturated heterocycles. The molecule has 32 valence electrons. The molecule has 0 spiro atoms. The second-order valence-electron chi connectivity index (χ2n) is 0.724. The molecule has 0 aliphatic heterocycles. The van der Waals surface area contributed by atoms with Crippen LogP contribution in [0.5, 0.6) is 0 Å². The summed E-state index contributed by atoms with van der Waals surface area (Å²) in [6, 6.07) is 1.90. The molecule has 0 aromatic heterocycles. The molecule has 0 heterocycles. The molecule has 0 aliphatic carbocycles. The van der Waals surface area contributed by atoms with Gasteiger partial charge in [0.25, 0.3) is 0 Å². The Balaban J connectivity index is 2.92. The predicted molar refractivity (Wildman–Crippen MR) is 25.2 cm³/mol. The van der Waals surface area contributed by atoms with Crippen LogP contribution in [0.25, 0.3) is 0 Å². The lowest BCUT2D eigenvalue weighted by molar-refractivity contribution is 1.36. The summed E-state index contributed by atoms with van der Waals surface area (Å²) in [4.78, 5) is 0. The Kier molecular flexibility index (Phi) is 4.16. The number of nitrogens with zero attached hydrogens (tertiary/aromatic N) is 1. The monoisotopic (exact) mass is 101 g/mol. The molecule has 0 unspecified atom stereocenters. The van der Waals surface area contributed by atoms with Gasteiger partial charge in [-0.15, -0.1) is 0 Å². The van der Waals surface area contributed by atoms with Crippen molar-refractivity contribution in [3.8, 4) is 6.07 Å². The zero-order chi connectivity index (χ0) is 4.83. The highest BCUT2D eigenvalue weighted by Crippen LogP contribution is 1.80. The van der Waals surface area contributed by atoms with Gasteiger partial charge in [0.15, 0.2) is 0 Å². The van der Waals surface area contributed by atoms with Gasteiger partial charge in [0.2, 0.25) is 0 Å². The van der Waals surface area contributed by atoms with Crippen molar-refractivity contribution in [3.63, 3.8) is 0 Å². The highest BCUT2D eigenvalue weighted by Gasteiger charge is 1.62. The van der Waals surface area contributed by atoms with E-state index in [1.165, 1.54) is 5.54 Å². The fourth-order valence-electron chi connectivity index (χ4n) is 0.0972. The van der Waals surface area contributed by atoms with Gasteiger partial charge in [-0.05, 0) is 0 Å². The first kappa shape index (κ1) is 5.52. The van der Waals surface area contributed by atoms with Crippen LogP contribution in [0.15, 0.2) is 11.6 Å². The van der Waals surface area contributed by atoms with Crippen LogP contribution in [0.3, 0.4) is 0 Å². The average Bonchev–Trinajstić information content (AvgIpc) is 1.61. The second kappa shape index (κ2) is 4.52. The first-order chi connectivity index (χ1) is 2.91. The number of hydrogen-bond donors (Lipinski definition) is 0. The van der Waals surface area contributed by atoms with E-state index in [0.717, 1.165) is 0 Å². The normalized spacial score (nSPS) is 8.67. The van der Waals surface area contributed by atoms with Crippen LogP contribution in [0.4, 0.5) is 0 Å². The molecule has 0 atom stereocenters. The first-order valence-corrected chi connectivity index (χ1v) is 1.97. The Labute approximate surface area is 41.8 Å². The van der Waals surface area contributed by atoms with E-state index >= 15 is 0 Å². The van der Waals surface area contributed by atoms with Crippen molar-refractivity contribution in [1.82, 2.24) is 0 Å². The number of hydrogen-bond acceptors (Lipinski definition) is 1. The number of nitriles is 1. The van der Waals surface area contributed by atoms with Gasteiger partial charge in [0.05, 0.1) is 12.5 Å². The first-order valence-electron chi connectivity index (χ1n) is 1.54. The molecule has 0 N–H and O–H groups in total. The highest BCUT2D eigenvalue weighted by molar-refractivity contribution is 6.25. The molecular formula is C4H4ClN. The molecule has 6 heavy (non-hydrogen) atoms. The number of halogens is 1. The molecule has 0 amide bonds. The molecular weight excluding hydrogens is 97.5 g/mol. The van der Waals surface area contributed by atoms with Gasteiger partial charge in [-0.25, -0.2) is 0 Å². The zero-order valence-corrected chi connectivity index (χ0v) is 3.94. The van der Waals surface area contributed by atoms with Gasteiger partial charge in [0.1, 0.15) is 0 Å². The van der Waals surface area contributed by atoms with Crippen molar-refractivity contribution in [2.24, 2.45) is 0 Å². The lowest BCUT2D eigenvalue weighted by Crippen LogP contribution is -1.48. The van der Waals surface area contributed by atoms with E-state index in [1.54, 1.807) is 6.08 Å². The SMILES string of the molecule is N#CCC=CCl. The molecule has 0 aromatic carbocycles. The molecule has 0 radical (unpaired) electrons. The fraction of sp³-hybridized carbons (Fsp3) is 0.250. The van der Waals surface area contributed by atoms with Crippen molar-refractivity contribution < 1.29 is 0 Å². The van der Waals surface area contributed by atoms with Gasteiger partial charge in [-0.3, -0.25) is 0 Å². The largest absolute Gasteiger partial charge is 0.198 e. The van der Waals surface area contributed by atoms with Crippen LogP contribution in [-0.2, 0) is 0 Å². The second-order valence-corrected chi connectivity index (χ2v) is 0.976. The van der Waals surface area contributed by atoms with Crippen LogP contribution in [0, 0.1) is 11.3 Å². The maximum Gasteiger partial charge on any atom is 0.0663 e. The molecule has 0 aliphatic rings. The van der Waals surface area contributed by atoms with Crippen LogP contribution in [0.1, 0.15) is 6.42 Å². The molecule has 2 heteroatoms. The van der Waals surface area contributed by atoms with Gasteiger partial charge >= 0.3 is 0 Å². The minimum absolute atomic E-state index is 0.406. The van der Waals surface area contributed by atoms with E-state index in [0.29, 0.717) is 6.42 Å². The minimum Gasteiger partial charge on any atom is -0.198 e. The summed E-state index contributed by atoms with van der Waals surface area (Å²) in [6.45, 7) is 0. The van der Waals surface area contributed by atoms with E-state index < -0.39 is 0 Å². The molecule has 0 saturated carbocycles. The van der Waals surface area contributed by atoms with Crippen LogP contribution in [0.2, 0.25) is 0 Å². The quantitative estimate of drug-likeness (QED) is 0.493. The fourth-order valence-corrected chi connectivity index (χ4v) is 0.186. The Morgan fingerprint density at radius 2 is 2.50 bits per heavy atom. The average molecular weight is 102 g/mol. The lowest BCUT2D eigenvalue weighted by Gasteiger charge is -1.61. The summed E-state index contributed by atoms with van der Waals surface area (Å²) in [6.07, 6.45) is 1.99. The maximum absolute atomic E-state index is 7.84. The predicted octanol–water partition coefficient (Wildman–Crippen LogP) is 1.65. The topological polar surface area (TPSA) is 23.8 Å². The maximum atomic E-state index is 7.84. The number of rotatable bonds is 1. The van der Waals surface area contributed by atoms with Crippen LogP contribution in [-0.4, -0.2) is 0 Å². The van der Waals surface area contributed by atoms with Crippen molar-refractivity contribution >= 4 is 11.6 Å². The zero-order valence-electron chi connectivity index (χ0n) is 3.19. The third kappa shape index (κ3) is 3.52.